The molecule has 0 spiro atoms. The highest BCUT2D eigenvalue weighted by molar-refractivity contribution is 9.10. The molecule has 2 rings (SSSR count). The average molecular weight is 258 g/mol. The van der Waals surface area contributed by atoms with Gasteiger partial charge in [0.1, 0.15) is 5.76 Å². The van der Waals surface area contributed by atoms with Crippen molar-refractivity contribution < 1.29 is 4.42 Å². The fourth-order valence-electron chi connectivity index (χ4n) is 2.29. The Hall–Kier alpha value is -0.310. The van der Waals surface area contributed by atoms with E-state index in [9.17, 15) is 0 Å². The van der Waals surface area contributed by atoms with Gasteiger partial charge in [-0.15, -0.1) is 0 Å². The number of oxazole rings is 1. The summed E-state index contributed by atoms with van der Waals surface area (Å²) in [4.78, 5) is 4.90. The van der Waals surface area contributed by atoms with Crippen LogP contribution in [-0.2, 0) is 0 Å². The van der Waals surface area contributed by atoms with Gasteiger partial charge in [0, 0.05) is 21.8 Å². The maximum absolute atomic E-state index is 5.61. The van der Waals surface area contributed by atoms with Crippen molar-refractivity contribution in [1.82, 2.24) is 4.98 Å². The van der Waals surface area contributed by atoms with E-state index < -0.39 is 0 Å². The van der Waals surface area contributed by atoms with Crippen LogP contribution in [0.4, 0.5) is 0 Å². The Bertz CT molecular complexity index is 300. The van der Waals surface area contributed by atoms with Crippen LogP contribution >= 0.6 is 15.9 Å². The van der Waals surface area contributed by atoms with E-state index in [0.717, 1.165) is 11.5 Å². The van der Waals surface area contributed by atoms with Crippen LogP contribution in [-0.4, -0.2) is 4.98 Å². The predicted octanol–water partition coefficient (Wildman–Crippen LogP) is 4.18. The first-order chi connectivity index (χ1) is 6.77. The number of aryl methyl sites for hydroxylation is 1. The van der Waals surface area contributed by atoms with Crippen LogP contribution in [0.15, 0.2) is 9.22 Å². The van der Waals surface area contributed by atoms with Gasteiger partial charge in [0.05, 0.1) is 5.69 Å². The van der Waals surface area contributed by atoms with Crippen molar-refractivity contribution in [2.45, 2.75) is 51.4 Å². The number of hydrogen-bond donors (Lipinski definition) is 0. The van der Waals surface area contributed by atoms with Gasteiger partial charge in [-0.3, -0.25) is 0 Å². The quantitative estimate of drug-likeness (QED) is 0.706. The fraction of sp³-hybridized carbons (Fsp3) is 0.727. The Morgan fingerprint density at radius 2 is 1.86 bits per heavy atom. The van der Waals surface area contributed by atoms with E-state index in [-0.39, 0.29) is 0 Å². The summed E-state index contributed by atoms with van der Waals surface area (Å²) in [5.41, 5.74) is 1.06. The Morgan fingerprint density at radius 1 is 1.21 bits per heavy atom. The lowest BCUT2D eigenvalue weighted by atomic mass is 9.96. The summed E-state index contributed by atoms with van der Waals surface area (Å²) in [6.45, 7) is 2.04. The normalized spacial score (nSPS) is 19.6. The Labute approximate surface area is 93.2 Å². The zero-order valence-electron chi connectivity index (χ0n) is 8.55. The zero-order valence-corrected chi connectivity index (χ0v) is 10.1. The lowest BCUT2D eigenvalue weighted by Gasteiger charge is -2.10. The highest BCUT2D eigenvalue weighted by Gasteiger charge is 2.20. The molecule has 0 radical (unpaired) electrons. The second-order valence-electron chi connectivity index (χ2n) is 4.10. The molecule has 1 aromatic rings. The fourth-order valence-corrected chi connectivity index (χ4v) is 2.74. The molecule has 1 fully saturated rings. The molecule has 0 unspecified atom stereocenters. The van der Waals surface area contributed by atoms with Crippen molar-refractivity contribution in [3.05, 3.63) is 16.3 Å². The maximum atomic E-state index is 5.61. The molecule has 1 aliphatic carbocycles. The molecule has 78 valence electrons. The second kappa shape index (κ2) is 4.47. The van der Waals surface area contributed by atoms with Crippen molar-refractivity contribution in [1.29, 1.82) is 0 Å². The highest BCUT2D eigenvalue weighted by atomic mass is 79.9. The van der Waals surface area contributed by atoms with E-state index in [0.29, 0.717) is 10.7 Å². The van der Waals surface area contributed by atoms with Crippen LogP contribution in [0.1, 0.15) is 55.9 Å². The van der Waals surface area contributed by atoms with E-state index in [1.54, 1.807) is 0 Å². The lowest BCUT2D eigenvalue weighted by molar-refractivity contribution is 0.416. The molecule has 0 amide bonds. The third-order valence-electron chi connectivity index (χ3n) is 3.03. The van der Waals surface area contributed by atoms with Crippen LogP contribution in [0, 0.1) is 6.92 Å². The number of rotatable bonds is 1. The Morgan fingerprint density at radius 3 is 2.36 bits per heavy atom. The second-order valence-corrected chi connectivity index (χ2v) is 4.78. The largest absolute Gasteiger partial charge is 0.436 e. The molecule has 0 bridgehead atoms. The lowest BCUT2D eigenvalue weighted by Crippen LogP contribution is -1.97. The molecule has 0 aromatic carbocycles. The van der Waals surface area contributed by atoms with Gasteiger partial charge >= 0.3 is 0 Å². The van der Waals surface area contributed by atoms with E-state index in [2.05, 4.69) is 20.9 Å². The topological polar surface area (TPSA) is 26.0 Å². The molecule has 0 atom stereocenters. The summed E-state index contributed by atoms with van der Waals surface area (Å²) < 4.78 is 5.61. The molecule has 3 heteroatoms. The van der Waals surface area contributed by atoms with Gasteiger partial charge in [-0.2, -0.15) is 0 Å². The van der Waals surface area contributed by atoms with Gasteiger partial charge in [-0.05, 0) is 19.8 Å². The molecule has 1 saturated carbocycles. The number of aromatic nitrogens is 1. The monoisotopic (exact) mass is 257 g/mol. The first kappa shape index (κ1) is 10.2. The van der Waals surface area contributed by atoms with Crippen molar-refractivity contribution in [3.63, 3.8) is 0 Å². The van der Waals surface area contributed by atoms with Crippen LogP contribution in [0.5, 0.6) is 0 Å². The molecule has 1 heterocycles. The Balaban J connectivity index is 2.15. The molecule has 1 aromatic heterocycles. The van der Waals surface area contributed by atoms with Gasteiger partial charge < -0.3 is 4.42 Å². The summed E-state index contributed by atoms with van der Waals surface area (Å²) in [5, 5.41) is 0. The minimum absolute atomic E-state index is 0.608. The van der Waals surface area contributed by atoms with Crippen LogP contribution in [0.2, 0.25) is 0 Å². The van der Waals surface area contributed by atoms with Gasteiger partial charge in [0.2, 0.25) is 0 Å². The first-order valence-electron chi connectivity index (χ1n) is 5.40. The zero-order chi connectivity index (χ0) is 9.97. The SMILES string of the molecule is Cc1nc(Br)oc1C1CCCCCC1. The first-order valence-corrected chi connectivity index (χ1v) is 6.19. The summed E-state index contributed by atoms with van der Waals surface area (Å²) in [6, 6.07) is 0. The summed E-state index contributed by atoms with van der Waals surface area (Å²) >= 11 is 3.29. The number of hydrogen-bond acceptors (Lipinski definition) is 2. The number of nitrogens with zero attached hydrogens (tertiary/aromatic N) is 1. The third-order valence-corrected chi connectivity index (χ3v) is 3.37. The number of halogens is 1. The average Bonchev–Trinajstić information content (AvgIpc) is 2.43. The highest BCUT2D eigenvalue weighted by Crippen LogP contribution is 2.34. The standard InChI is InChI=1S/C11H16BrNO/c1-8-10(14-11(12)13-8)9-6-4-2-3-5-7-9/h9H,2-7H2,1H3. The molecule has 14 heavy (non-hydrogen) atoms. The van der Waals surface area contributed by atoms with Gasteiger partial charge in [0.25, 0.3) is 4.80 Å². The van der Waals surface area contributed by atoms with E-state index in [1.807, 2.05) is 6.92 Å². The molecular formula is C11H16BrNO. The van der Waals surface area contributed by atoms with Crippen molar-refractivity contribution in [2.75, 3.05) is 0 Å². The van der Waals surface area contributed by atoms with Gasteiger partial charge in [-0.25, -0.2) is 4.98 Å². The van der Waals surface area contributed by atoms with Crippen molar-refractivity contribution in [3.8, 4) is 0 Å². The molecule has 2 nitrogen and oxygen atoms in total. The Kier molecular flexibility index (Phi) is 3.26. The third kappa shape index (κ3) is 2.19. The summed E-state index contributed by atoms with van der Waals surface area (Å²) in [5.74, 6) is 1.72. The van der Waals surface area contributed by atoms with Crippen molar-refractivity contribution >= 4 is 15.9 Å². The van der Waals surface area contributed by atoms with E-state index in [4.69, 9.17) is 4.42 Å². The molecule has 0 saturated heterocycles. The summed E-state index contributed by atoms with van der Waals surface area (Å²) in [6.07, 6.45) is 7.96. The predicted molar refractivity (Wildman–Crippen MR) is 59.4 cm³/mol. The van der Waals surface area contributed by atoms with Crippen LogP contribution in [0.25, 0.3) is 0 Å². The summed E-state index contributed by atoms with van der Waals surface area (Å²) in [7, 11) is 0. The van der Waals surface area contributed by atoms with E-state index in [1.165, 1.54) is 38.5 Å². The molecule has 0 N–H and O–H groups in total. The van der Waals surface area contributed by atoms with Crippen LogP contribution in [0.3, 0.4) is 0 Å². The smallest absolute Gasteiger partial charge is 0.264 e. The molecule has 1 aliphatic rings. The minimum atomic E-state index is 0.608. The van der Waals surface area contributed by atoms with E-state index >= 15 is 0 Å². The van der Waals surface area contributed by atoms with Gasteiger partial charge in [-0.1, -0.05) is 25.7 Å². The van der Waals surface area contributed by atoms with Gasteiger partial charge in [0.15, 0.2) is 0 Å². The van der Waals surface area contributed by atoms with Crippen molar-refractivity contribution in [2.24, 2.45) is 0 Å². The van der Waals surface area contributed by atoms with Crippen LogP contribution < -0.4 is 0 Å². The molecular weight excluding hydrogens is 242 g/mol. The molecule has 0 aliphatic heterocycles. The maximum Gasteiger partial charge on any atom is 0.264 e. The minimum Gasteiger partial charge on any atom is -0.436 e.